The summed E-state index contributed by atoms with van der Waals surface area (Å²) in [5.41, 5.74) is -0.214. The Morgan fingerprint density at radius 1 is 1.06 bits per heavy atom. The monoisotopic (exact) mass is 225 g/mol. The van der Waals surface area contributed by atoms with Gasteiger partial charge < -0.3 is 5.11 Å². The number of aliphatic hydroxyl groups excluding tert-OH is 1. The molecule has 0 bridgehead atoms. The number of imide groups is 1. The number of carbonyl (C=O) groups is 2. The zero-order valence-electron chi connectivity index (χ0n) is 9.57. The van der Waals surface area contributed by atoms with E-state index in [1.807, 2.05) is 0 Å². The van der Waals surface area contributed by atoms with Crippen molar-refractivity contribution in [2.45, 2.75) is 44.9 Å². The van der Waals surface area contributed by atoms with Crippen LogP contribution >= 0.6 is 0 Å². The van der Waals surface area contributed by atoms with E-state index in [1.54, 1.807) is 0 Å². The van der Waals surface area contributed by atoms with Gasteiger partial charge in [0.1, 0.15) is 0 Å². The number of hydrogen-bond donors (Lipinski definition) is 1. The molecule has 1 aliphatic heterocycles. The van der Waals surface area contributed by atoms with Gasteiger partial charge in [-0.15, -0.1) is 0 Å². The van der Waals surface area contributed by atoms with Crippen LogP contribution in [0.5, 0.6) is 0 Å². The highest BCUT2D eigenvalue weighted by molar-refractivity contribution is 6.01. The fourth-order valence-corrected chi connectivity index (χ4v) is 2.80. The number of likely N-dealkylation sites (tertiary alicyclic amines) is 1. The van der Waals surface area contributed by atoms with Gasteiger partial charge in [-0.05, 0) is 12.8 Å². The molecule has 16 heavy (non-hydrogen) atoms. The Kier molecular flexibility index (Phi) is 3.28. The molecule has 1 aliphatic carbocycles. The number of aliphatic hydroxyl groups is 1. The van der Waals surface area contributed by atoms with Crippen molar-refractivity contribution in [3.63, 3.8) is 0 Å². The van der Waals surface area contributed by atoms with Crippen LogP contribution in [0.25, 0.3) is 0 Å². The van der Waals surface area contributed by atoms with Crippen molar-refractivity contribution in [3.8, 4) is 0 Å². The highest BCUT2D eigenvalue weighted by Gasteiger charge is 2.39. The molecule has 2 aliphatic rings. The standard InChI is InChI=1S/C12H19NO3/c14-9-12(6-2-1-3-7-12)8-13-10(15)4-5-11(13)16/h14H,1-9H2. The minimum Gasteiger partial charge on any atom is -0.396 e. The molecule has 1 saturated carbocycles. The number of rotatable bonds is 3. The second-order valence-corrected chi connectivity index (χ2v) is 5.09. The maximum absolute atomic E-state index is 11.5. The molecular formula is C12H19NO3. The van der Waals surface area contributed by atoms with E-state index in [2.05, 4.69) is 0 Å². The SMILES string of the molecule is O=C1CCC(=O)N1CC1(CO)CCCCC1. The van der Waals surface area contributed by atoms with Crippen molar-refractivity contribution in [3.05, 3.63) is 0 Å². The van der Waals surface area contributed by atoms with Gasteiger partial charge in [-0.2, -0.15) is 0 Å². The fraction of sp³-hybridized carbons (Fsp3) is 0.833. The van der Waals surface area contributed by atoms with E-state index in [-0.39, 0.29) is 23.8 Å². The summed E-state index contributed by atoms with van der Waals surface area (Å²) in [6, 6.07) is 0. The zero-order valence-corrected chi connectivity index (χ0v) is 9.57. The van der Waals surface area contributed by atoms with Gasteiger partial charge >= 0.3 is 0 Å². The highest BCUT2D eigenvalue weighted by atomic mass is 16.3. The Morgan fingerprint density at radius 2 is 1.62 bits per heavy atom. The van der Waals surface area contributed by atoms with Crippen LogP contribution in [-0.2, 0) is 9.59 Å². The first-order valence-electron chi connectivity index (χ1n) is 6.11. The van der Waals surface area contributed by atoms with E-state index in [1.165, 1.54) is 11.3 Å². The molecule has 1 saturated heterocycles. The average molecular weight is 225 g/mol. The van der Waals surface area contributed by atoms with Gasteiger partial charge in [0.15, 0.2) is 0 Å². The van der Waals surface area contributed by atoms with E-state index in [4.69, 9.17) is 0 Å². The van der Waals surface area contributed by atoms with Gasteiger partial charge in [-0.25, -0.2) is 0 Å². The first-order chi connectivity index (χ1) is 7.67. The van der Waals surface area contributed by atoms with Crippen LogP contribution in [0.2, 0.25) is 0 Å². The summed E-state index contributed by atoms with van der Waals surface area (Å²) >= 11 is 0. The topological polar surface area (TPSA) is 57.6 Å². The summed E-state index contributed by atoms with van der Waals surface area (Å²) in [4.78, 5) is 24.4. The van der Waals surface area contributed by atoms with E-state index in [0.717, 1.165) is 25.7 Å². The maximum Gasteiger partial charge on any atom is 0.229 e. The molecule has 0 aromatic heterocycles. The molecule has 2 rings (SSSR count). The van der Waals surface area contributed by atoms with Gasteiger partial charge in [0.2, 0.25) is 11.8 Å². The highest BCUT2D eigenvalue weighted by Crippen LogP contribution is 2.37. The average Bonchev–Trinajstić information content (AvgIpc) is 2.62. The Balaban J connectivity index is 2.05. The molecule has 2 amide bonds. The predicted molar refractivity (Wildman–Crippen MR) is 58.6 cm³/mol. The van der Waals surface area contributed by atoms with Crippen molar-refractivity contribution in [2.24, 2.45) is 5.41 Å². The zero-order chi connectivity index (χ0) is 11.6. The van der Waals surface area contributed by atoms with Crippen LogP contribution in [0.4, 0.5) is 0 Å². The molecule has 0 radical (unpaired) electrons. The molecule has 4 heteroatoms. The first-order valence-corrected chi connectivity index (χ1v) is 6.11. The summed E-state index contributed by atoms with van der Waals surface area (Å²) in [7, 11) is 0. The van der Waals surface area contributed by atoms with Gasteiger partial charge in [-0.1, -0.05) is 19.3 Å². The van der Waals surface area contributed by atoms with E-state index < -0.39 is 0 Å². The molecule has 0 unspecified atom stereocenters. The fourth-order valence-electron chi connectivity index (χ4n) is 2.80. The van der Waals surface area contributed by atoms with Crippen molar-refractivity contribution in [2.75, 3.05) is 13.2 Å². The lowest BCUT2D eigenvalue weighted by Crippen LogP contribution is -2.43. The Bertz CT molecular complexity index is 279. The summed E-state index contributed by atoms with van der Waals surface area (Å²) < 4.78 is 0. The van der Waals surface area contributed by atoms with Gasteiger partial charge in [-0.3, -0.25) is 14.5 Å². The minimum absolute atomic E-state index is 0.0663. The lowest BCUT2D eigenvalue weighted by atomic mass is 9.74. The molecule has 0 aromatic carbocycles. The molecule has 0 atom stereocenters. The van der Waals surface area contributed by atoms with Crippen molar-refractivity contribution < 1.29 is 14.7 Å². The largest absolute Gasteiger partial charge is 0.396 e. The van der Waals surface area contributed by atoms with E-state index >= 15 is 0 Å². The van der Waals surface area contributed by atoms with Crippen molar-refractivity contribution in [1.82, 2.24) is 4.90 Å². The normalized spacial score (nSPS) is 25.2. The Morgan fingerprint density at radius 3 is 2.12 bits per heavy atom. The second kappa shape index (κ2) is 4.53. The third-order valence-electron chi connectivity index (χ3n) is 3.90. The summed E-state index contributed by atoms with van der Waals surface area (Å²) in [6.45, 7) is 0.519. The number of amides is 2. The van der Waals surface area contributed by atoms with Crippen LogP contribution in [0.1, 0.15) is 44.9 Å². The minimum atomic E-state index is -0.214. The third-order valence-corrected chi connectivity index (χ3v) is 3.90. The number of nitrogens with zero attached hydrogens (tertiary/aromatic N) is 1. The predicted octanol–water partition coefficient (Wildman–Crippen LogP) is 1.08. The van der Waals surface area contributed by atoms with E-state index in [0.29, 0.717) is 19.4 Å². The number of carbonyl (C=O) groups excluding carboxylic acids is 2. The smallest absolute Gasteiger partial charge is 0.229 e. The van der Waals surface area contributed by atoms with Crippen molar-refractivity contribution >= 4 is 11.8 Å². The van der Waals surface area contributed by atoms with Crippen LogP contribution < -0.4 is 0 Å². The summed E-state index contributed by atoms with van der Waals surface area (Å²) in [5, 5.41) is 9.53. The number of hydrogen-bond acceptors (Lipinski definition) is 3. The first kappa shape index (κ1) is 11.6. The van der Waals surface area contributed by atoms with E-state index in [9.17, 15) is 14.7 Å². The second-order valence-electron chi connectivity index (χ2n) is 5.09. The summed E-state index contributed by atoms with van der Waals surface area (Å²) in [5.74, 6) is -0.133. The van der Waals surface area contributed by atoms with Gasteiger partial charge in [0, 0.05) is 24.8 Å². The molecule has 90 valence electrons. The third kappa shape index (κ3) is 2.12. The molecule has 1 heterocycles. The molecule has 4 nitrogen and oxygen atoms in total. The molecule has 0 aromatic rings. The van der Waals surface area contributed by atoms with Gasteiger partial charge in [0.05, 0.1) is 6.61 Å². The summed E-state index contributed by atoms with van der Waals surface area (Å²) in [6.07, 6.45) is 5.94. The van der Waals surface area contributed by atoms with Gasteiger partial charge in [0.25, 0.3) is 0 Å². The Labute approximate surface area is 95.6 Å². The van der Waals surface area contributed by atoms with Crippen LogP contribution in [0, 0.1) is 5.41 Å². The molecule has 2 fully saturated rings. The van der Waals surface area contributed by atoms with Crippen LogP contribution in [-0.4, -0.2) is 35.0 Å². The quantitative estimate of drug-likeness (QED) is 0.731. The van der Waals surface area contributed by atoms with Crippen LogP contribution in [0.3, 0.4) is 0 Å². The molecule has 0 spiro atoms. The van der Waals surface area contributed by atoms with Crippen molar-refractivity contribution in [1.29, 1.82) is 0 Å². The maximum atomic E-state index is 11.5. The lowest BCUT2D eigenvalue weighted by molar-refractivity contribution is -0.141. The Hall–Kier alpha value is -0.900. The van der Waals surface area contributed by atoms with Crippen LogP contribution in [0.15, 0.2) is 0 Å². The lowest BCUT2D eigenvalue weighted by Gasteiger charge is -2.37. The molecular weight excluding hydrogens is 206 g/mol. The molecule has 1 N–H and O–H groups in total.